The van der Waals surface area contributed by atoms with E-state index in [1.807, 2.05) is 19.1 Å². The second kappa shape index (κ2) is 5.90. The lowest BCUT2D eigenvalue weighted by atomic mass is 10.1. The molecule has 21 heavy (non-hydrogen) atoms. The van der Waals surface area contributed by atoms with Gasteiger partial charge >= 0.3 is 0 Å². The van der Waals surface area contributed by atoms with Gasteiger partial charge in [0.15, 0.2) is 0 Å². The van der Waals surface area contributed by atoms with Crippen molar-refractivity contribution in [2.45, 2.75) is 38.3 Å². The SMILES string of the molecule is CC(NCc1cc(C2CC2)ccc1F)c1ccc(F)cn1. The van der Waals surface area contributed by atoms with Crippen LogP contribution in [0.2, 0.25) is 0 Å². The first-order valence-electron chi connectivity index (χ1n) is 7.26. The Hall–Kier alpha value is -1.81. The Kier molecular flexibility index (Phi) is 3.97. The smallest absolute Gasteiger partial charge is 0.141 e. The Morgan fingerprint density at radius 1 is 1.24 bits per heavy atom. The average Bonchev–Trinajstić information content (AvgIpc) is 3.31. The molecule has 0 saturated heterocycles. The van der Waals surface area contributed by atoms with E-state index in [4.69, 9.17) is 0 Å². The summed E-state index contributed by atoms with van der Waals surface area (Å²) in [5.74, 6) is 0.0702. The summed E-state index contributed by atoms with van der Waals surface area (Å²) in [7, 11) is 0. The lowest BCUT2D eigenvalue weighted by molar-refractivity contribution is 0.532. The number of hydrogen-bond acceptors (Lipinski definition) is 2. The van der Waals surface area contributed by atoms with Gasteiger partial charge < -0.3 is 5.32 Å². The molecule has 0 radical (unpaired) electrons. The van der Waals surface area contributed by atoms with Crippen molar-refractivity contribution in [3.63, 3.8) is 0 Å². The van der Waals surface area contributed by atoms with Crippen LogP contribution in [0.5, 0.6) is 0 Å². The van der Waals surface area contributed by atoms with Crippen LogP contribution in [0.3, 0.4) is 0 Å². The molecule has 1 aliphatic rings. The summed E-state index contributed by atoms with van der Waals surface area (Å²) in [6, 6.07) is 8.34. The zero-order chi connectivity index (χ0) is 14.8. The number of nitrogens with zero attached hydrogens (tertiary/aromatic N) is 1. The first-order chi connectivity index (χ1) is 10.1. The largest absolute Gasteiger partial charge is 0.305 e. The van der Waals surface area contributed by atoms with Crippen LogP contribution in [0.1, 0.15) is 48.5 Å². The minimum atomic E-state index is -0.353. The first kappa shape index (κ1) is 14.1. The van der Waals surface area contributed by atoms with Crippen molar-refractivity contribution in [3.8, 4) is 0 Å². The highest BCUT2D eigenvalue weighted by atomic mass is 19.1. The van der Waals surface area contributed by atoms with E-state index in [1.165, 1.54) is 30.7 Å². The summed E-state index contributed by atoms with van der Waals surface area (Å²) in [6.45, 7) is 2.37. The van der Waals surface area contributed by atoms with Gasteiger partial charge in [0.2, 0.25) is 0 Å². The minimum absolute atomic E-state index is 0.0606. The van der Waals surface area contributed by atoms with Gasteiger partial charge in [-0.05, 0) is 49.4 Å². The predicted octanol–water partition coefficient (Wildman–Crippen LogP) is 4.09. The Labute approximate surface area is 123 Å². The fourth-order valence-corrected chi connectivity index (χ4v) is 2.41. The van der Waals surface area contributed by atoms with Crippen LogP contribution in [-0.2, 0) is 6.54 Å². The Morgan fingerprint density at radius 3 is 2.71 bits per heavy atom. The summed E-state index contributed by atoms with van der Waals surface area (Å²) in [5.41, 5.74) is 2.64. The van der Waals surface area contributed by atoms with Gasteiger partial charge in [0.1, 0.15) is 11.6 Å². The van der Waals surface area contributed by atoms with E-state index in [0.717, 1.165) is 5.69 Å². The summed E-state index contributed by atoms with van der Waals surface area (Å²) in [4.78, 5) is 4.04. The van der Waals surface area contributed by atoms with Crippen LogP contribution < -0.4 is 5.32 Å². The number of rotatable bonds is 5. The maximum atomic E-state index is 13.9. The number of halogens is 2. The molecule has 1 atom stereocenters. The molecule has 1 aliphatic carbocycles. The minimum Gasteiger partial charge on any atom is -0.305 e. The van der Waals surface area contributed by atoms with Gasteiger partial charge in [-0.25, -0.2) is 8.78 Å². The summed E-state index contributed by atoms with van der Waals surface area (Å²) in [6.07, 6.45) is 3.60. The molecule has 1 aromatic heterocycles. The normalized spacial score (nSPS) is 16.0. The maximum absolute atomic E-state index is 13.9. The lowest BCUT2D eigenvalue weighted by Gasteiger charge is -2.14. The third kappa shape index (κ3) is 3.45. The van der Waals surface area contributed by atoms with E-state index >= 15 is 0 Å². The van der Waals surface area contributed by atoms with Gasteiger partial charge in [0.25, 0.3) is 0 Å². The second-order valence-electron chi connectivity index (χ2n) is 5.63. The standard InChI is InChI=1S/C17H18F2N2/c1-11(17-7-5-15(18)10-21-17)20-9-14-8-13(12-2-3-12)4-6-16(14)19/h4-8,10-12,20H,2-3,9H2,1H3. The average molecular weight is 288 g/mol. The van der Waals surface area contributed by atoms with Crippen LogP contribution in [0.25, 0.3) is 0 Å². The van der Waals surface area contributed by atoms with Gasteiger partial charge in [-0.1, -0.05) is 12.1 Å². The first-order valence-corrected chi connectivity index (χ1v) is 7.26. The highest BCUT2D eigenvalue weighted by Gasteiger charge is 2.24. The zero-order valence-corrected chi connectivity index (χ0v) is 11.9. The number of hydrogen-bond donors (Lipinski definition) is 1. The van der Waals surface area contributed by atoms with Crippen LogP contribution in [-0.4, -0.2) is 4.98 Å². The van der Waals surface area contributed by atoms with Crippen molar-refractivity contribution < 1.29 is 8.78 Å². The van der Waals surface area contributed by atoms with Crippen LogP contribution in [0.4, 0.5) is 8.78 Å². The molecule has 2 aromatic rings. The topological polar surface area (TPSA) is 24.9 Å². The Bertz CT molecular complexity index is 621. The number of nitrogens with one attached hydrogen (secondary N) is 1. The highest BCUT2D eigenvalue weighted by Crippen LogP contribution is 2.40. The van der Waals surface area contributed by atoms with Crippen molar-refractivity contribution in [2.24, 2.45) is 0 Å². The third-order valence-electron chi connectivity index (χ3n) is 3.91. The Morgan fingerprint density at radius 2 is 2.05 bits per heavy atom. The molecule has 0 spiro atoms. The van der Waals surface area contributed by atoms with Gasteiger partial charge in [0, 0.05) is 18.2 Å². The van der Waals surface area contributed by atoms with E-state index in [-0.39, 0.29) is 17.7 Å². The molecule has 1 aromatic carbocycles. The van der Waals surface area contributed by atoms with Crippen molar-refractivity contribution in [1.29, 1.82) is 0 Å². The fraction of sp³-hybridized carbons (Fsp3) is 0.353. The molecule has 1 fully saturated rings. The molecular weight excluding hydrogens is 270 g/mol. The highest BCUT2D eigenvalue weighted by molar-refractivity contribution is 5.30. The van der Waals surface area contributed by atoms with Crippen LogP contribution in [0.15, 0.2) is 36.5 Å². The fourth-order valence-electron chi connectivity index (χ4n) is 2.41. The number of benzene rings is 1. The molecule has 1 heterocycles. The number of pyridine rings is 1. The van der Waals surface area contributed by atoms with Crippen LogP contribution >= 0.6 is 0 Å². The van der Waals surface area contributed by atoms with Crippen molar-refractivity contribution >= 4 is 0 Å². The van der Waals surface area contributed by atoms with Gasteiger partial charge in [-0.2, -0.15) is 0 Å². The van der Waals surface area contributed by atoms with Gasteiger partial charge in [-0.3, -0.25) is 4.98 Å². The molecule has 0 bridgehead atoms. The number of aromatic nitrogens is 1. The Balaban J connectivity index is 1.66. The zero-order valence-electron chi connectivity index (χ0n) is 11.9. The van der Waals surface area contributed by atoms with E-state index in [1.54, 1.807) is 12.1 Å². The van der Waals surface area contributed by atoms with E-state index in [2.05, 4.69) is 10.3 Å². The summed E-state index contributed by atoms with van der Waals surface area (Å²) >= 11 is 0. The van der Waals surface area contributed by atoms with E-state index < -0.39 is 0 Å². The molecular formula is C17H18F2N2. The molecule has 2 nitrogen and oxygen atoms in total. The summed E-state index contributed by atoms with van der Waals surface area (Å²) in [5, 5.41) is 3.24. The predicted molar refractivity (Wildman–Crippen MR) is 77.8 cm³/mol. The van der Waals surface area contributed by atoms with Gasteiger partial charge in [-0.15, -0.1) is 0 Å². The monoisotopic (exact) mass is 288 g/mol. The van der Waals surface area contributed by atoms with Crippen molar-refractivity contribution in [3.05, 3.63) is 65.0 Å². The third-order valence-corrected chi connectivity index (χ3v) is 3.91. The molecule has 1 N–H and O–H groups in total. The van der Waals surface area contributed by atoms with Gasteiger partial charge in [0.05, 0.1) is 11.9 Å². The maximum Gasteiger partial charge on any atom is 0.141 e. The molecule has 1 unspecified atom stereocenters. The van der Waals surface area contributed by atoms with E-state index in [9.17, 15) is 8.78 Å². The lowest BCUT2D eigenvalue weighted by Crippen LogP contribution is -2.19. The summed E-state index contributed by atoms with van der Waals surface area (Å²) < 4.78 is 26.7. The van der Waals surface area contributed by atoms with Crippen molar-refractivity contribution in [2.75, 3.05) is 0 Å². The molecule has 0 amide bonds. The molecule has 0 aliphatic heterocycles. The quantitative estimate of drug-likeness (QED) is 0.896. The van der Waals surface area contributed by atoms with Crippen LogP contribution in [0, 0.1) is 11.6 Å². The van der Waals surface area contributed by atoms with Crippen molar-refractivity contribution in [1.82, 2.24) is 10.3 Å². The van der Waals surface area contributed by atoms with E-state index in [0.29, 0.717) is 18.0 Å². The molecule has 110 valence electrons. The molecule has 1 saturated carbocycles. The second-order valence-corrected chi connectivity index (χ2v) is 5.63. The molecule has 3 rings (SSSR count). The molecule has 4 heteroatoms.